The first-order valence-corrected chi connectivity index (χ1v) is 9.25. The highest BCUT2D eigenvalue weighted by Gasteiger charge is 2.25. The Balaban J connectivity index is 1.87. The lowest BCUT2D eigenvalue weighted by Gasteiger charge is -2.19. The maximum Gasteiger partial charge on any atom is 0.337 e. The maximum atomic E-state index is 12.4. The van der Waals surface area contributed by atoms with Gasteiger partial charge in [0.1, 0.15) is 0 Å². The summed E-state index contributed by atoms with van der Waals surface area (Å²) >= 11 is 0. The van der Waals surface area contributed by atoms with Crippen LogP contribution < -0.4 is 5.32 Å². The molecule has 1 saturated heterocycles. The molecule has 1 fully saturated rings. The zero-order valence-corrected chi connectivity index (χ0v) is 16.7. The molecule has 1 heterocycles. The average Bonchev–Trinajstić information content (AvgIpc) is 3.20. The number of nitrogens with one attached hydrogen (secondary N) is 1. The van der Waals surface area contributed by atoms with Crippen LogP contribution in [-0.4, -0.2) is 56.5 Å². The van der Waals surface area contributed by atoms with Crippen LogP contribution in [-0.2, 0) is 28.5 Å². The Morgan fingerprint density at radius 2 is 2.00 bits per heavy atom. The maximum absolute atomic E-state index is 12.4. The fourth-order valence-corrected chi connectivity index (χ4v) is 2.65. The number of methoxy groups -OCH3 is 1. The average molecular weight is 393 g/mol. The third kappa shape index (κ3) is 6.03. The van der Waals surface area contributed by atoms with Crippen LogP contribution in [0.1, 0.15) is 42.6 Å². The van der Waals surface area contributed by atoms with E-state index < -0.39 is 30.1 Å². The van der Waals surface area contributed by atoms with Crippen molar-refractivity contribution in [2.45, 2.75) is 51.9 Å². The van der Waals surface area contributed by atoms with Crippen LogP contribution >= 0.6 is 0 Å². The molecule has 0 spiro atoms. The van der Waals surface area contributed by atoms with E-state index in [0.29, 0.717) is 24.5 Å². The predicted molar refractivity (Wildman–Crippen MR) is 101 cm³/mol. The highest BCUT2D eigenvalue weighted by atomic mass is 16.6. The summed E-state index contributed by atoms with van der Waals surface area (Å²) in [4.78, 5) is 36.2. The first-order chi connectivity index (χ1) is 13.3. The van der Waals surface area contributed by atoms with E-state index in [9.17, 15) is 14.4 Å². The lowest BCUT2D eigenvalue weighted by molar-refractivity contribution is -0.165. The second kappa shape index (κ2) is 10.2. The topological polar surface area (TPSA) is 100 Å². The molecule has 1 aromatic carbocycles. The first kappa shape index (κ1) is 21.8. The summed E-state index contributed by atoms with van der Waals surface area (Å²) in [5, 5.41) is 2.67. The summed E-state index contributed by atoms with van der Waals surface area (Å²) in [6.45, 7) is 5.86. The van der Waals surface area contributed by atoms with Crippen LogP contribution in [0.3, 0.4) is 0 Å². The molecule has 1 aliphatic rings. The SMILES string of the molecule is COC(=O)c1ccc(C)c(NC(=O)C(C)OC(=O)C(C)OCC2CCCO2)c1. The van der Waals surface area contributed by atoms with Gasteiger partial charge in [0.2, 0.25) is 0 Å². The van der Waals surface area contributed by atoms with Crippen molar-refractivity contribution in [2.75, 3.05) is 25.6 Å². The van der Waals surface area contributed by atoms with Crippen molar-refractivity contribution in [3.8, 4) is 0 Å². The van der Waals surface area contributed by atoms with Gasteiger partial charge in [0, 0.05) is 12.3 Å². The molecular weight excluding hydrogens is 366 g/mol. The number of benzene rings is 1. The van der Waals surface area contributed by atoms with E-state index in [1.54, 1.807) is 26.0 Å². The van der Waals surface area contributed by atoms with Crippen molar-refractivity contribution in [3.63, 3.8) is 0 Å². The van der Waals surface area contributed by atoms with Crippen LogP contribution in [0.4, 0.5) is 5.69 Å². The number of ether oxygens (including phenoxy) is 4. The molecule has 8 nitrogen and oxygen atoms in total. The van der Waals surface area contributed by atoms with Gasteiger partial charge in [-0.05, 0) is 51.3 Å². The summed E-state index contributed by atoms with van der Waals surface area (Å²) in [5.74, 6) is -1.64. The van der Waals surface area contributed by atoms with Crippen molar-refractivity contribution < 1.29 is 33.3 Å². The van der Waals surface area contributed by atoms with Gasteiger partial charge in [-0.2, -0.15) is 0 Å². The normalized spacial score (nSPS) is 18.2. The van der Waals surface area contributed by atoms with Crippen LogP contribution in [0.2, 0.25) is 0 Å². The number of esters is 2. The monoisotopic (exact) mass is 393 g/mol. The van der Waals surface area contributed by atoms with Crippen molar-refractivity contribution >= 4 is 23.5 Å². The van der Waals surface area contributed by atoms with Gasteiger partial charge in [0.05, 0.1) is 25.4 Å². The van der Waals surface area contributed by atoms with Gasteiger partial charge >= 0.3 is 11.9 Å². The fraction of sp³-hybridized carbons (Fsp3) is 0.550. The molecule has 0 bridgehead atoms. The zero-order valence-electron chi connectivity index (χ0n) is 16.7. The van der Waals surface area contributed by atoms with E-state index in [-0.39, 0.29) is 6.10 Å². The second-order valence-corrected chi connectivity index (χ2v) is 6.70. The molecule has 0 aliphatic carbocycles. The number of aryl methyl sites for hydroxylation is 1. The molecule has 3 atom stereocenters. The second-order valence-electron chi connectivity index (χ2n) is 6.70. The van der Waals surface area contributed by atoms with E-state index in [1.165, 1.54) is 20.1 Å². The largest absolute Gasteiger partial charge is 0.465 e. The Morgan fingerprint density at radius 1 is 1.25 bits per heavy atom. The molecular formula is C20H27NO7. The summed E-state index contributed by atoms with van der Waals surface area (Å²) in [7, 11) is 1.28. The van der Waals surface area contributed by atoms with Crippen molar-refractivity contribution in [2.24, 2.45) is 0 Å². The van der Waals surface area contributed by atoms with Gasteiger partial charge in [0.15, 0.2) is 12.2 Å². The molecule has 28 heavy (non-hydrogen) atoms. The molecule has 8 heteroatoms. The van der Waals surface area contributed by atoms with Crippen LogP contribution in [0.15, 0.2) is 18.2 Å². The van der Waals surface area contributed by atoms with Crippen molar-refractivity contribution in [1.82, 2.24) is 0 Å². The Labute approximate surface area is 164 Å². The summed E-state index contributed by atoms with van der Waals surface area (Å²) in [6, 6.07) is 4.81. The minimum absolute atomic E-state index is 0.000958. The van der Waals surface area contributed by atoms with Crippen molar-refractivity contribution in [1.29, 1.82) is 0 Å². The van der Waals surface area contributed by atoms with Gasteiger partial charge in [-0.15, -0.1) is 0 Å². The summed E-state index contributed by atoms with van der Waals surface area (Å²) in [6.07, 6.45) is 0.0675. The minimum Gasteiger partial charge on any atom is -0.465 e. The highest BCUT2D eigenvalue weighted by Crippen LogP contribution is 2.18. The molecule has 1 aromatic rings. The molecule has 0 saturated carbocycles. The standard InChI is InChI=1S/C20H27NO7/c1-12-7-8-15(20(24)25-4)10-17(12)21-18(22)13(2)28-19(23)14(3)27-11-16-6-5-9-26-16/h7-8,10,13-14,16H,5-6,9,11H2,1-4H3,(H,21,22). The molecule has 154 valence electrons. The quantitative estimate of drug-likeness (QED) is 0.676. The number of carbonyl (C=O) groups is 3. The number of anilines is 1. The highest BCUT2D eigenvalue weighted by molar-refractivity contribution is 5.98. The Kier molecular flexibility index (Phi) is 7.95. The molecule has 0 radical (unpaired) electrons. The van der Waals surface area contributed by atoms with Gasteiger partial charge in [-0.25, -0.2) is 9.59 Å². The minimum atomic E-state index is -1.03. The summed E-state index contributed by atoms with van der Waals surface area (Å²) in [5.41, 5.74) is 1.51. The molecule has 2 rings (SSSR count). The molecule has 1 N–H and O–H groups in total. The van der Waals surface area contributed by atoms with Crippen LogP contribution in [0, 0.1) is 6.92 Å². The van der Waals surface area contributed by atoms with Gasteiger partial charge in [-0.1, -0.05) is 6.07 Å². The molecule has 0 aromatic heterocycles. The Morgan fingerprint density at radius 3 is 2.64 bits per heavy atom. The Bertz CT molecular complexity index is 713. The third-order valence-corrected chi connectivity index (χ3v) is 4.47. The molecule has 1 aliphatic heterocycles. The molecule has 1 amide bonds. The number of hydrogen-bond acceptors (Lipinski definition) is 7. The summed E-state index contributed by atoms with van der Waals surface area (Å²) < 4.78 is 20.8. The van der Waals surface area contributed by atoms with Gasteiger partial charge in [-0.3, -0.25) is 4.79 Å². The van der Waals surface area contributed by atoms with Gasteiger partial charge < -0.3 is 24.3 Å². The number of carbonyl (C=O) groups excluding carboxylic acids is 3. The number of rotatable bonds is 8. The van der Waals surface area contributed by atoms with Crippen LogP contribution in [0.25, 0.3) is 0 Å². The predicted octanol–water partition coefficient (Wildman–Crippen LogP) is 2.24. The molecule has 3 unspecified atom stereocenters. The third-order valence-electron chi connectivity index (χ3n) is 4.47. The van der Waals surface area contributed by atoms with E-state index in [4.69, 9.17) is 14.2 Å². The Hall–Kier alpha value is -2.45. The van der Waals surface area contributed by atoms with Crippen LogP contribution in [0.5, 0.6) is 0 Å². The van der Waals surface area contributed by atoms with E-state index in [0.717, 1.165) is 18.4 Å². The van der Waals surface area contributed by atoms with Crippen molar-refractivity contribution in [3.05, 3.63) is 29.3 Å². The van der Waals surface area contributed by atoms with E-state index in [1.807, 2.05) is 0 Å². The van der Waals surface area contributed by atoms with E-state index >= 15 is 0 Å². The fourth-order valence-electron chi connectivity index (χ4n) is 2.65. The van der Waals surface area contributed by atoms with Gasteiger partial charge in [0.25, 0.3) is 5.91 Å². The number of amides is 1. The first-order valence-electron chi connectivity index (χ1n) is 9.25. The smallest absolute Gasteiger partial charge is 0.337 e. The zero-order chi connectivity index (χ0) is 20.7. The lowest BCUT2D eigenvalue weighted by Crippen LogP contribution is -2.35. The lowest BCUT2D eigenvalue weighted by atomic mass is 10.1. The van der Waals surface area contributed by atoms with E-state index in [2.05, 4.69) is 10.1 Å². The number of hydrogen-bond donors (Lipinski definition) is 1.